The summed E-state index contributed by atoms with van der Waals surface area (Å²) in [6.45, 7) is 3.66. The number of amides is 1. The van der Waals surface area contributed by atoms with E-state index < -0.39 is 0 Å². The van der Waals surface area contributed by atoms with Gasteiger partial charge in [-0.3, -0.25) is 4.79 Å². The number of hydrogen-bond donors (Lipinski definition) is 2. The third kappa shape index (κ3) is 5.01. The van der Waals surface area contributed by atoms with Gasteiger partial charge in [-0.25, -0.2) is 0 Å². The van der Waals surface area contributed by atoms with Crippen LogP contribution in [0.25, 0.3) is 0 Å². The fourth-order valence-corrected chi connectivity index (χ4v) is 2.70. The van der Waals surface area contributed by atoms with Gasteiger partial charge in [0.2, 0.25) is 5.91 Å². The zero-order valence-corrected chi connectivity index (χ0v) is 14.4. The highest BCUT2D eigenvalue weighted by Gasteiger charge is 2.16. The van der Waals surface area contributed by atoms with Crippen LogP contribution in [0.15, 0.2) is 58.3 Å². The van der Waals surface area contributed by atoms with Crippen molar-refractivity contribution >= 4 is 23.4 Å². The Morgan fingerprint density at radius 2 is 1.57 bits per heavy atom. The summed E-state index contributed by atoms with van der Waals surface area (Å²) in [6, 6.07) is 15.5. The topological polar surface area (TPSA) is 64.3 Å². The highest BCUT2D eigenvalue weighted by Crippen LogP contribution is 2.29. The van der Waals surface area contributed by atoms with Crippen LogP contribution in [-0.4, -0.2) is 19.1 Å². The molecule has 0 aromatic heterocycles. The van der Waals surface area contributed by atoms with E-state index in [-0.39, 0.29) is 17.9 Å². The second kappa shape index (κ2) is 8.04. The molecule has 0 saturated carbocycles. The number of benzene rings is 2. The molecule has 0 saturated heterocycles. The summed E-state index contributed by atoms with van der Waals surface area (Å²) in [7, 11) is 1.65. The van der Waals surface area contributed by atoms with Crippen LogP contribution in [0.1, 0.15) is 13.8 Å². The van der Waals surface area contributed by atoms with Gasteiger partial charge in [0.15, 0.2) is 0 Å². The number of rotatable bonds is 6. The lowest BCUT2D eigenvalue weighted by atomic mass is 10.0. The summed E-state index contributed by atoms with van der Waals surface area (Å²) < 4.78 is 5.15. The molecule has 2 rings (SSSR count). The molecule has 2 aromatic rings. The van der Waals surface area contributed by atoms with E-state index in [1.165, 1.54) is 0 Å². The van der Waals surface area contributed by atoms with Gasteiger partial charge in [0.05, 0.1) is 13.0 Å². The monoisotopic (exact) mass is 330 g/mol. The van der Waals surface area contributed by atoms with Gasteiger partial charge in [-0.15, -0.1) is 0 Å². The minimum absolute atomic E-state index is 0.0597. The molecule has 0 heterocycles. The van der Waals surface area contributed by atoms with Crippen molar-refractivity contribution < 1.29 is 9.53 Å². The number of carbonyl (C=O) groups is 1. The standard InChI is InChI=1S/C18H22N2O2S/c1-12(13(2)19)18(21)20-14-4-8-16(9-5-14)23-17-10-6-15(22-3)7-11-17/h4-13H,19H2,1-3H3,(H,20,21). The molecule has 0 fully saturated rings. The van der Waals surface area contributed by atoms with E-state index in [1.54, 1.807) is 18.9 Å². The SMILES string of the molecule is COc1ccc(Sc2ccc(NC(=O)C(C)C(C)N)cc2)cc1. The highest BCUT2D eigenvalue weighted by molar-refractivity contribution is 7.99. The van der Waals surface area contributed by atoms with E-state index in [4.69, 9.17) is 10.5 Å². The molecule has 23 heavy (non-hydrogen) atoms. The molecule has 2 atom stereocenters. The van der Waals surface area contributed by atoms with Crippen molar-refractivity contribution in [1.29, 1.82) is 0 Å². The Balaban J connectivity index is 1.97. The first-order chi connectivity index (χ1) is 11.0. The van der Waals surface area contributed by atoms with Crippen LogP contribution in [0, 0.1) is 5.92 Å². The second-order valence-electron chi connectivity index (χ2n) is 5.44. The van der Waals surface area contributed by atoms with Gasteiger partial charge in [0, 0.05) is 21.5 Å². The predicted octanol–water partition coefficient (Wildman–Crippen LogP) is 3.77. The third-order valence-electron chi connectivity index (χ3n) is 3.62. The van der Waals surface area contributed by atoms with Crippen LogP contribution < -0.4 is 15.8 Å². The second-order valence-corrected chi connectivity index (χ2v) is 6.59. The molecule has 0 spiro atoms. The summed E-state index contributed by atoms with van der Waals surface area (Å²) in [5.74, 6) is 0.564. The minimum atomic E-state index is -0.219. The Hall–Kier alpha value is -1.98. The molecule has 5 heteroatoms. The van der Waals surface area contributed by atoms with Crippen LogP contribution in [0.2, 0.25) is 0 Å². The molecule has 0 radical (unpaired) electrons. The van der Waals surface area contributed by atoms with Crippen molar-refractivity contribution in [3.63, 3.8) is 0 Å². The average molecular weight is 330 g/mol. The predicted molar refractivity (Wildman–Crippen MR) is 95.0 cm³/mol. The van der Waals surface area contributed by atoms with Crippen LogP contribution >= 0.6 is 11.8 Å². The number of nitrogens with one attached hydrogen (secondary N) is 1. The first-order valence-electron chi connectivity index (χ1n) is 7.48. The van der Waals surface area contributed by atoms with Crippen molar-refractivity contribution in [3.05, 3.63) is 48.5 Å². The Morgan fingerprint density at radius 3 is 2.04 bits per heavy atom. The first-order valence-corrected chi connectivity index (χ1v) is 8.29. The average Bonchev–Trinajstić information content (AvgIpc) is 2.56. The summed E-state index contributed by atoms with van der Waals surface area (Å²) >= 11 is 1.66. The fraction of sp³-hybridized carbons (Fsp3) is 0.278. The van der Waals surface area contributed by atoms with Gasteiger partial charge in [0.1, 0.15) is 5.75 Å². The molecule has 122 valence electrons. The molecule has 0 bridgehead atoms. The van der Waals surface area contributed by atoms with Gasteiger partial charge < -0.3 is 15.8 Å². The first kappa shape index (κ1) is 17.4. The van der Waals surface area contributed by atoms with Gasteiger partial charge >= 0.3 is 0 Å². The molecule has 2 aromatic carbocycles. The van der Waals surface area contributed by atoms with E-state index in [2.05, 4.69) is 5.32 Å². The van der Waals surface area contributed by atoms with E-state index >= 15 is 0 Å². The number of anilines is 1. The van der Waals surface area contributed by atoms with Crippen molar-refractivity contribution in [2.45, 2.75) is 29.7 Å². The summed E-state index contributed by atoms with van der Waals surface area (Å²) in [5, 5.41) is 2.88. The van der Waals surface area contributed by atoms with Gasteiger partial charge in [0.25, 0.3) is 0 Å². The van der Waals surface area contributed by atoms with Crippen LogP contribution in [-0.2, 0) is 4.79 Å². The van der Waals surface area contributed by atoms with E-state index in [9.17, 15) is 4.79 Å². The molecule has 0 aliphatic rings. The largest absolute Gasteiger partial charge is 0.497 e. The summed E-state index contributed by atoms with van der Waals surface area (Å²) in [4.78, 5) is 14.2. The van der Waals surface area contributed by atoms with Crippen LogP contribution in [0.3, 0.4) is 0 Å². The maximum Gasteiger partial charge on any atom is 0.228 e. The third-order valence-corrected chi connectivity index (χ3v) is 4.63. The molecule has 1 amide bonds. The van der Waals surface area contributed by atoms with Gasteiger partial charge in [-0.2, -0.15) is 0 Å². The van der Waals surface area contributed by atoms with Crippen molar-refractivity contribution in [2.75, 3.05) is 12.4 Å². The van der Waals surface area contributed by atoms with Crippen molar-refractivity contribution in [2.24, 2.45) is 11.7 Å². The van der Waals surface area contributed by atoms with Crippen molar-refractivity contribution in [1.82, 2.24) is 0 Å². The maximum absolute atomic E-state index is 12.0. The Kier molecular flexibility index (Phi) is 6.07. The number of hydrogen-bond acceptors (Lipinski definition) is 4. The molecular weight excluding hydrogens is 308 g/mol. The smallest absolute Gasteiger partial charge is 0.228 e. The lowest BCUT2D eigenvalue weighted by molar-refractivity contribution is -0.119. The molecule has 0 aliphatic carbocycles. The molecular formula is C18H22N2O2S. The van der Waals surface area contributed by atoms with Crippen LogP contribution in [0.4, 0.5) is 5.69 Å². The Morgan fingerprint density at radius 1 is 1.04 bits per heavy atom. The molecule has 3 N–H and O–H groups in total. The van der Waals surface area contributed by atoms with Gasteiger partial charge in [-0.1, -0.05) is 18.7 Å². The highest BCUT2D eigenvalue weighted by atomic mass is 32.2. The molecule has 0 aliphatic heterocycles. The van der Waals surface area contributed by atoms with Crippen LogP contribution in [0.5, 0.6) is 5.75 Å². The summed E-state index contributed by atoms with van der Waals surface area (Å²) in [5.41, 5.74) is 6.53. The fourth-order valence-electron chi connectivity index (χ4n) is 1.88. The number of ether oxygens (including phenoxy) is 1. The van der Waals surface area contributed by atoms with Gasteiger partial charge in [-0.05, 0) is 55.5 Å². The quantitative estimate of drug-likeness (QED) is 0.846. The van der Waals surface area contributed by atoms with E-state index in [1.807, 2.05) is 62.4 Å². The zero-order chi connectivity index (χ0) is 16.8. The maximum atomic E-state index is 12.0. The normalized spacial score (nSPS) is 13.2. The summed E-state index contributed by atoms with van der Waals surface area (Å²) in [6.07, 6.45) is 0. The molecule has 2 unspecified atom stereocenters. The van der Waals surface area contributed by atoms with Crippen molar-refractivity contribution in [3.8, 4) is 5.75 Å². The lowest BCUT2D eigenvalue weighted by Gasteiger charge is -2.15. The van der Waals surface area contributed by atoms with E-state index in [0.29, 0.717) is 0 Å². The minimum Gasteiger partial charge on any atom is -0.497 e. The lowest BCUT2D eigenvalue weighted by Crippen LogP contribution is -2.34. The molecule has 4 nitrogen and oxygen atoms in total. The zero-order valence-electron chi connectivity index (χ0n) is 13.6. The Labute approximate surface area is 141 Å². The number of carbonyl (C=O) groups excluding carboxylic acids is 1. The van der Waals surface area contributed by atoms with E-state index in [0.717, 1.165) is 21.2 Å². The Bertz CT molecular complexity index is 639. The number of nitrogens with two attached hydrogens (primary N) is 1. The number of methoxy groups -OCH3 is 1.